The van der Waals surface area contributed by atoms with Crippen LogP contribution in [0.5, 0.6) is 0 Å². The van der Waals surface area contributed by atoms with Crippen molar-refractivity contribution in [3.63, 3.8) is 0 Å². The zero-order valence-electron chi connectivity index (χ0n) is 9.19. The van der Waals surface area contributed by atoms with Crippen LogP contribution < -0.4 is 5.73 Å². The highest BCUT2D eigenvalue weighted by Crippen LogP contribution is 2.39. The Morgan fingerprint density at radius 3 is 2.38 bits per heavy atom. The van der Waals surface area contributed by atoms with E-state index < -0.39 is 0 Å². The van der Waals surface area contributed by atoms with Crippen LogP contribution >= 0.6 is 0 Å². The zero-order valence-corrected chi connectivity index (χ0v) is 9.19. The SMILES string of the molecule is N[C@]1(c2ccccc2)CCc2ccccc21. The van der Waals surface area contributed by atoms with Crippen molar-refractivity contribution in [2.24, 2.45) is 5.73 Å². The van der Waals surface area contributed by atoms with Crippen LogP contribution in [0.1, 0.15) is 23.1 Å². The van der Waals surface area contributed by atoms with Crippen LogP contribution in [0.15, 0.2) is 54.6 Å². The summed E-state index contributed by atoms with van der Waals surface area (Å²) >= 11 is 0. The van der Waals surface area contributed by atoms with Crippen LogP contribution in [0.25, 0.3) is 0 Å². The van der Waals surface area contributed by atoms with Crippen molar-refractivity contribution in [1.29, 1.82) is 0 Å². The molecule has 0 amide bonds. The Kier molecular flexibility index (Phi) is 2.08. The first kappa shape index (κ1) is 9.61. The molecule has 16 heavy (non-hydrogen) atoms. The van der Waals surface area contributed by atoms with Crippen LogP contribution in [0.4, 0.5) is 0 Å². The Hall–Kier alpha value is -1.60. The first-order valence-corrected chi connectivity index (χ1v) is 5.73. The van der Waals surface area contributed by atoms with Crippen LogP contribution in [-0.2, 0) is 12.0 Å². The van der Waals surface area contributed by atoms with Crippen LogP contribution in [0.3, 0.4) is 0 Å². The molecule has 0 spiro atoms. The van der Waals surface area contributed by atoms with Crippen molar-refractivity contribution in [2.45, 2.75) is 18.4 Å². The summed E-state index contributed by atoms with van der Waals surface area (Å²) in [5.74, 6) is 0. The lowest BCUT2D eigenvalue weighted by atomic mass is 9.85. The summed E-state index contributed by atoms with van der Waals surface area (Å²) in [5.41, 5.74) is 10.2. The second kappa shape index (κ2) is 3.46. The van der Waals surface area contributed by atoms with Crippen molar-refractivity contribution in [2.75, 3.05) is 0 Å². The van der Waals surface area contributed by atoms with Crippen molar-refractivity contribution in [1.82, 2.24) is 0 Å². The Labute approximate surface area is 95.9 Å². The van der Waals surface area contributed by atoms with Crippen LogP contribution in [0.2, 0.25) is 0 Å². The van der Waals surface area contributed by atoms with E-state index in [0.29, 0.717) is 0 Å². The number of fused-ring (bicyclic) bond motifs is 1. The third kappa shape index (κ3) is 1.29. The van der Waals surface area contributed by atoms with Gasteiger partial charge in [-0.3, -0.25) is 0 Å². The van der Waals surface area contributed by atoms with Gasteiger partial charge >= 0.3 is 0 Å². The highest BCUT2D eigenvalue weighted by molar-refractivity contribution is 5.46. The second-order valence-corrected chi connectivity index (χ2v) is 4.49. The molecule has 0 unspecified atom stereocenters. The minimum absolute atomic E-state index is 0.280. The Bertz CT molecular complexity index is 504. The van der Waals surface area contributed by atoms with Gasteiger partial charge in [0.05, 0.1) is 5.54 Å². The fraction of sp³-hybridized carbons (Fsp3) is 0.200. The first-order valence-electron chi connectivity index (χ1n) is 5.73. The molecule has 2 N–H and O–H groups in total. The largest absolute Gasteiger partial charge is 0.318 e. The van der Waals surface area contributed by atoms with E-state index in [-0.39, 0.29) is 5.54 Å². The molecule has 1 atom stereocenters. The van der Waals surface area contributed by atoms with Gasteiger partial charge in [-0.05, 0) is 29.5 Å². The molecule has 0 aromatic heterocycles. The summed E-state index contributed by atoms with van der Waals surface area (Å²) < 4.78 is 0. The fourth-order valence-electron chi connectivity index (χ4n) is 2.68. The van der Waals surface area contributed by atoms with E-state index in [9.17, 15) is 0 Å². The standard InChI is InChI=1S/C15H15N/c16-15(13-7-2-1-3-8-13)11-10-12-6-4-5-9-14(12)15/h1-9H,10-11,16H2/t15-/m0/s1. The maximum atomic E-state index is 6.59. The second-order valence-electron chi connectivity index (χ2n) is 4.49. The van der Waals surface area contributed by atoms with Gasteiger partial charge in [0.1, 0.15) is 0 Å². The topological polar surface area (TPSA) is 26.0 Å². The highest BCUT2D eigenvalue weighted by atomic mass is 14.8. The van der Waals surface area contributed by atoms with E-state index in [4.69, 9.17) is 5.73 Å². The van der Waals surface area contributed by atoms with E-state index in [0.717, 1.165) is 12.8 Å². The molecular formula is C15H15N. The van der Waals surface area contributed by atoms with Crippen molar-refractivity contribution in [3.05, 3.63) is 71.3 Å². The van der Waals surface area contributed by atoms with Crippen LogP contribution in [0, 0.1) is 0 Å². The molecule has 0 fully saturated rings. The van der Waals surface area contributed by atoms with Gasteiger partial charge in [-0.2, -0.15) is 0 Å². The lowest BCUT2D eigenvalue weighted by Gasteiger charge is -2.26. The molecule has 2 aromatic carbocycles. The van der Waals surface area contributed by atoms with Crippen molar-refractivity contribution in [3.8, 4) is 0 Å². The van der Waals surface area contributed by atoms with E-state index in [1.54, 1.807) is 0 Å². The van der Waals surface area contributed by atoms with Gasteiger partial charge in [-0.15, -0.1) is 0 Å². The number of rotatable bonds is 1. The van der Waals surface area contributed by atoms with Gasteiger partial charge in [0.2, 0.25) is 0 Å². The molecule has 2 aromatic rings. The normalized spacial score (nSPS) is 23.1. The summed E-state index contributed by atoms with van der Waals surface area (Å²) in [5, 5.41) is 0. The minimum Gasteiger partial charge on any atom is -0.318 e. The number of aryl methyl sites for hydroxylation is 1. The lowest BCUT2D eigenvalue weighted by Crippen LogP contribution is -2.35. The number of nitrogens with two attached hydrogens (primary N) is 1. The first-order chi connectivity index (χ1) is 7.81. The molecule has 80 valence electrons. The lowest BCUT2D eigenvalue weighted by molar-refractivity contribution is 0.535. The summed E-state index contributed by atoms with van der Waals surface area (Å²) in [6, 6.07) is 18.9. The number of hydrogen-bond acceptors (Lipinski definition) is 1. The van der Waals surface area contributed by atoms with Crippen LogP contribution in [-0.4, -0.2) is 0 Å². The van der Waals surface area contributed by atoms with Gasteiger partial charge in [0, 0.05) is 0 Å². The minimum atomic E-state index is -0.280. The number of benzene rings is 2. The average molecular weight is 209 g/mol. The predicted molar refractivity (Wildman–Crippen MR) is 66.2 cm³/mol. The number of hydrogen-bond donors (Lipinski definition) is 1. The zero-order chi connectivity index (χ0) is 11.0. The third-order valence-corrected chi connectivity index (χ3v) is 3.58. The molecule has 0 aliphatic heterocycles. The predicted octanol–water partition coefficient (Wildman–Crippen LogP) is 2.84. The molecule has 0 bridgehead atoms. The Morgan fingerprint density at radius 1 is 0.875 bits per heavy atom. The van der Waals surface area contributed by atoms with E-state index in [1.807, 2.05) is 6.07 Å². The molecule has 0 saturated heterocycles. The molecule has 1 nitrogen and oxygen atoms in total. The third-order valence-electron chi connectivity index (χ3n) is 3.58. The van der Waals surface area contributed by atoms with Gasteiger partial charge < -0.3 is 5.73 Å². The van der Waals surface area contributed by atoms with Crippen molar-refractivity contribution < 1.29 is 0 Å². The average Bonchev–Trinajstić information content (AvgIpc) is 2.71. The fourth-order valence-corrected chi connectivity index (χ4v) is 2.68. The quantitative estimate of drug-likeness (QED) is 0.768. The van der Waals surface area contributed by atoms with E-state index in [1.165, 1.54) is 16.7 Å². The summed E-state index contributed by atoms with van der Waals surface area (Å²) in [7, 11) is 0. The van der Waals surface area contributed by atoms with Gasteiger partial charge in [-0.25, -0.2) is 0 Å². The summed E-state index contributed by atoms with van der Waals surface area (Å²) in [6.45, 7) is 0. The Balaban J connectivity index is 2.15. The maximum absolute atomic E-state index is 6.59. The molecule has 0 heterocycles. The highest BCUT2D eigenvalue weighted by Gasteiger charge is 2.35. The monoisotopic (exact) mass is 209 g/mol. The maximum Gasteiger partial charge on any atom is 0.0671 e. The van der Waals surface area contributed by atoms with Gasteiger partial charge in [-0.1, -0.05) is 54.6 Å². The summed E-state index contributed by atoms with van der Waals surface area (Å²) in [6.07, 6.45) is 2.10. The summed E-state index contributed by atoms with van der Waals surface area (Å²) in [4.78, 5) is 0. The van der Waals surface area contributed by atoms with Gasteiger partial charge in [0.15, 0.2) is 0 Å². The smallest absolute Gasteiger partial charge is 0.0671 e. The molecule has 1 aliphatic carbocycles. The van der Waals surface area contributed by atoms with E-state index in [2.05, 4.69) is 48.5 Å². The molecule has 0 radical (unpaired) electrons. The molecular weight excluding hydrogens is 194 g/mol. The van der Waals surface area contributed by atoms with Gasteiger partial charge in [0.25, 0.3) is 0 Å². The molecule has 3 rings (SSSR count). The molecule has 1 heteroatoms. The Morgan fingerprint density at radius 2 is 1.56 bits per heavy atom. The van der Waals surface area contributed by atoms with E-state index >= 15 is 0 Å². The van der Waals surface area contributed by atoms with Crippen molar-refractivity contribution >= 4 is 0 Å². The molecule has 0 saturated carbocycles. The molecule has 1 aliphatic rings.